The summed E-state index contributed by atoms with van der Waals surface area (Å²) in [5.74, 6) is -0.125. The van der Waals surface area contributed by atoms with Gasteiger partial charge in [-0.1, -0.05) is 49.2 Å². The van der Waals surface area contributed by atoms with Crippen molar-refractivity contribution in [3.63, 3.8) is 0 Å². The number of amides is 1. The summed E-state index contributed by atoms with van der Waals surface area (Å²) in [6, 6.07) is 20.5. The molecule has 1 fully saturated rings. The molecule has 210 valence electrons. The van der Waals surface area contributed by atoms with Gasteiger partial charge in [-0.05, 0) is 60.9 Å². The monoisotopic (exact) mass is 544 g/mol. The summed E-state index contributed by atoms with van der Waals surface area (Å²) in [6.45, 7) is 5.38. The molecule has 1 unspecified atom stereocenters. The standard InChI is InChI=1S/C32H36N2O6/c1-4-5-16-34(24-11-6-21(2)7-12-24)29(35)19-33-18-26(23-10-15-27-28(17-23)40-20-39-27)30(32(36)37)31(33)22-8-13-25(38-3)14-9-22/h6-15,17,26,30-31H,4-5,16,18-20H2,1-3H3,(H,36,37)/t26?,30-,31+/m0/s1. The van der Waals surface area contributed by atoms with E-state index in [4.69, 9.17) is 14.2 Å². The number of hydrogen-bond donors (Lipinski definition) is 1. The fourth-order valence-corrected chi connectivity index (χ4v) is 5.77. The van der Waals surface area contributed by atoms with E-state index in [0.29, 0.717) is 30.3 Å². The molecule has 0 spiro atoms. The third-order valence-electron chi connectivity index (χ3n) is 7.89. The SMILES string of the molecule is CCCCN(C(=O)CN1CC(c2ccc3c(c2)OCO3)[C@H](C(=O)O)[C@H]1c1ccc(OC)cc1)c1ccc(C)cc1. The fraction of sp³-hybridized carbons (Fsp3) is 0.375. The number of aliphatic carboxylic acids is 1. The highest BCUT2D eigenvalue weighted by atomic mass is 16.7. The van der Waals surface area contributed by atoms with Crippen LogP contribution in [0.25, 0.3) is 0 Å². The van der Waals surface area contributed by atoms with Gasteiger partial charge in [0.05, 0.1) is 19.6 Å². The molecule has 0 saturated carbocycles. The van der Waals surface area contributed by atoms with Crippen LogP contribution in [0.2, 0.25) is 0 Å². The van der Waals surface area contributed by atoms with Gasteiger partial charge in [0.1, 0.15) is 5.75 Å². The van der Waals surface area contributed by atoms with Crippen molar-refractivity contribution < 1.29 is 28.9 Å². The average molecular weight is 545 g/mol. The van der Waals surface area contributed by atoms with Crippen LogP contribution in [0.1, 0.15) is 48.4 Å². The Kier molecular flexibility index (Phi) is 8.26. The quantitative estimate of drug-likeness (QED) is 0.365. The molecule has 2 aliphatic heterocycles. The second-order valence-electron chi connectivity index (χ2n) is 10.5. The predicted octanol–water partition coefficient (Wildman–Crippen LogP) is 5.41. The molecule has 3 atom stereocenters. The second-order valence-corrected chi connectivity index (χ2v) is 10.5. The van der Waals surface area contributed by atoms with Crippen LogP contribution in [-0.2, 0) is 9.59 Å². The number of carbonyl (C=O) groups excluding carboxylic acids is 1. The molecule has 0 bridgehead atoms. The highest BCUT2D eigenvalue weighted by Gasteiger charge is 2.48. The maximum Gasteiger partial charge on any atom is 0.309 e. The highest BCUT2D eigenvalue weighted by molar-refractivity contribution is 5.95. The van der Waals surface area contributed by atoms with Crippen molar-refractivity contribution in [2.24, 2.45) is 5.92 Å². The zero-order chi connectivity index (χ0) is 28.2. The van der Waals surface area contributed by atoms with Crippen LogP contribution in [0.15, 0.2) is 66.7 Å². The fourth-order valence-electron chi connectivity index (χ4n) is 5.77. The first-order chi connectivity index (χ1) is 19.4. The molecule has 2 aliphatic rings. The molecule has 2 heterocycles. The smallest absolute Gasteiger partial charge is 0.309 e. The zero-order valence-corrected chi connectivity index (χ0v) is 23.2. The number of anilines is 1. The van der Waals surface area contributed by atoms with Crippen molar-refractivity contribution in [1.29, 1.82) is 0 Å². The number of aryl methyl sites for hydroxylation is 1. The van der Waals surface area contributed by atoms with Crippen LogP contribution >= 0.6 is 0 Å². The van der Waals surface area contributed by atoms with E-state index in [0.717, 1.165) is 35.2 Å². The number of rotatable bonds is 10. The van der Waals surface area contributed by atoms with Crippen molar-refractivity contribution in [3.05, 3.63) is 83.4 Å². The topological polar surface area (TPSA) is 88.5 Å². The number of benzene rings is 3. The van der Waals surface area contributed by atoms with Gasteiger partial charge in [0.2, 0.25) is 12.7 Å². The molecular formula is C32H36N2O6. The average Bonchev–Trinajstić information content (AvgIpc) is 3.58. The van der Waals surface area contributed by atoms with Crippen molar-refractivity contribution in [1.82, 2.24) is 4.90 Å². The molecular weight excluding hydrogens is 508 g/mol. The first-order valence-corrected chi connectivity index (χ1v) is 13.8. The van der Waals surface area contributed by atoms with E-state index < -0.39 is 17.9 Å². The summed E-state index contributed by atoms with van der Waals surface area (Å²) in [6.07, 6.45) is 1.83. The molecule has 0 aliphatic carbocycles. The Labute approximate surface area is 235 Å². The minimum absolute atomic E-state index is 0.0497. The van der Waals surface area contributed by atoms with Gasteiger partial charge in [0, 0.05) is 30.7 Å². The summed E-state index contributed by atoms with van der Waals surface area (Å²) in [7, 11) is 1.60. The number of likely N-dealkylation sites (tertiary alicyclic amines) is 1. The predicted molar refractivity (Wildman–Crippen MR) is 152 cm³/mol. The van der Waals surface area contributed by atoms with Gasteiger partial charge in [-0.25, -0.2) is 0 Å². The van der Waals surface area contributed by atoms with E-state index in [-0.39, 0.29) is 25.2 Å². The van der Waals surface area contributed by atoms with Crippen LogP contribution in [0.4, 0.5) is 5.69 Å². The minimum Gasteiger partial charge on any atom is -0.497 e. The number of carbonyl (C=O) groups is 2. The summed E-state index contributed by atoms with van der Waals surface area (Å²) in [4.78, 5) is 30.7. The molecule has 8 nitrogen and oxygen atoms in total. The summed E-state index contributed by atoms with van der Waals surface area (Å²) >= 11 is 0. The van der Waals surface area contributed by atoms with Crippen molar-refractivity contribution in [2.75, 3.05) is 38.4 Å². The molecule has 8 heteroatoms. The number of carboxylic acids is 1. The van der Waals surface area contributed by atoms with Crippen molar-refractivity contribution >= 4 is 17.6 Å². The van der Waals surface area contributed by atoms with E-state index >= 15 is 0 Å². The molecule has 1 N–H and O–H groups in total. The maximum absolute atomic E-state index is 13.9. The van der Waals surface area contributed by atoms with Crippen LogP contribution < -0.4 is 19.1 Å². The van der Waals surface area contributed by atoms with Gasteiger partial charge < -0.3 is 24.2 Å². The number of carboxylic acid groups (broad SMARTS) is 1. The van der Waals surface area contributed by atoms with Crippen LogP contribution in [0.3, 0.4) is 0 Å². The van der Waals surface area contributed by atoms with Crippen LogP contribution in [-0.4, -0.2) is 55.4 Å². The molecule has 0 aromatic heterocycles. The number of fused-ring (bicyclic) bond motifs is 1. The lowest BCUT2D eigenvalue weighted by molar-refractivity contribution is -0.143. The molecule has 3 aromatic rings. The Morgan fingerprint density at radius 2 is 1.70 bits per heavy atom. The Morgan fingerprint density at radius 1 is 1.00 bits per heavy atom. The van der Waals surface area contributed by atoms with Gasteiger partial charge in [-0.15, -0.1) is 0 Å². The Hall–Kier alpha value is -4.04. The summed E-state index contributed by atoms with van der Waals surface area (Å²) < 4.78 is 16.4. The van der Waals surface area contributed by atoms with Crippen molar-refractivity contribution in [2.45, 2.75) is 38.6 Å². The molecule has 3 aromatic carbocycles. The van der Waals surface area contributed by atoms with Gasteiger partial charge in [0.15, 0.2) is 11.5 Å². The molecule has 1 amide bonds. The first kappa shape index (κ1) is 27.5. The van der Waals surface area contributed by atoms with E-state index in [1.165, 1.54) is 0 Å². The molecule has 0 radical (unpaired) electrons. The first-order valence-electron chi connectivity index (χ1n) is 13.8. The third kappa shape index (κ3) is 5.63. The number of unbranched alkanes of at least 4 members (excludes halogenated alkanes) is 1. The lowest BCUT2D eigenvalue weighted by atomic mass is 9.82. The second kappa shape index (κ2) is 12.0. The lowest BCUT2D eigenvalue weighted by Crippen LogP contribution is -2.41. The maximum atomic E-state index is 13.9. The summed E-state index contributed by atoms with van der Waals surface area (Å²) in [5.41, 5.74) is 3.67. The van der Waals surface area contributed by atoms with E-state index in [1.807, 2.05) is 83.5 Å². The Balaban J connectivity index is 1.50. The number of nitrogens with zero attached hydrogens (tertiary/aromatic N) is 2. The van der Waals surface area contributed by atoms with E-state index in [9.17, 15) is 14.7 Å². The summed E-state index contributed by atoms with van der Waals surface area (Å²) in [5, 5.41) is 10.5. The van der Waals surface area contributed by atoms with Gasteiger partial charge >= 0.3 is 5.97 Å². The number of ether oxygens (including phenoxy) is 3. The molecule has 5 rings (SSSR count). The van der Waals surface area contributed by atoms with Gasteiger partial charge in [-0.3, -0.25) is 14.5 Å². The van der Waals surface area contributed by atoms with Crippen LogP contribution in [0, 0.1) is 12.8 Å². The lowest BCUT2D eigenvalue weighted by Gasteiger charge is -2.30. The number of methoxy groups -OCH3 is 1. The molecule has 1 saturated heterocycles. The van der Waals surface area contributed by atoms with E-state index in [1.54, 1.807) is 7.11 Å². The van der Waals surface area contributed by atoms with Gasteiger partial charge in [0.25, 0.3) is 0 Å². The Bertz CT molecular complexity index is 1340. The normalized spacial score (nSPS) is 19.9. The third-order valence-corrected chi connectivity index (χ3v) is 7.89. The Morgan fingerprint density at radius 3 is 2.38 bits per heavy atom. The zero-order valence-electron chi connectivity index (χ0n) is 23.2. The largest absolute Gasteiger partial charge is 0.497 e. The molecule has 40 heavy (non-hydrogen) atoms. The number of hydrogen-bond acceptors (Lipinski definition) is 6. The van der Waals surface area contributed by atoms with Gasteiger partial charge in [-0.2, -0.15) is 0 Å². The van der Waals surface area contributed by atoms with Crippen LogP contribution in [0.5, 0.6) is 17.2 Å². The van der Waals surface area contributed by atoms with Crippen molar-refractivity contribution in [3.8, 4) is 17.2 Å². The minimum atomic E-state index is -0.903. The van der Waals surface area contributed by atoms with E-state index in [2.05, 4.69) is 6.92 Å². The highest BCUT2D eigenvalue weighted by Crippen LogP contribution is 2.47.